The second kappa shape index (κ2) is 10.8. The van der Waals surface area contributed by atoms with Gasteiger partial charge < -0.3 is 20.5 Å². The summed E-state index contributed by atoms with van der Waals surface area (Å²) < 4.78 is 35.3. The van der Waals surface area contributed by atoms with E-state index in [0.717, 1.165) is 11.3 Å². The summed E-state index contributed by atoms with van der Waals surface area (Å²) in [5.74, 6) is 0.403. The Balaban J connectivity index is 0.00000338. The van der Waals surface area contributed by atoms with E-state index in [1.807, 2.05) is 31.2 Å². The van der Waals surface area contributed by atoms with Crippen LogP contribution in [0.3, 0.4) is 0 Å². The number of guanidine groups is 1. The number of benzene rings is 2. The molecule has 8 heteroatoms. The van der Waals surface area contributed by atoms with Crippen LogP contribution in [0.2, 0.25) is 0 Å². The van der Waals surface area contributed by atoms with Crippen molar-refractivity contribution in [2.75, 3.05) is 11.9 Å². The molecule has 26 heavy (non-hydrogen) atoms. The molecule has 0 saturated carbocycles. The van der Waals surface area contributed by atoms with Gasteiger partial charge in [0.2, 0.25) is 0 Å². The normalized spacial score (nSPS) is 11.0. The lowest BCUT2D eigenvalue weighted by Gasteiger charge is -2.14. The minimum absolute atomic E-state index is 0. The van der Waals surface area contributed by atoms with E-state index in [9.17, 15) is 8.78 Å². The third-order valence-electron chi connectivity index (χ3n) is 3.31. The lowest BCUT2D eigenvalue weighted by molar-refractivity contribution is -0.0520. The molecule has 2 rings (SSSR count). The second-order valence-corrected chi connectivity index (χ2v) is 5.25. The molecule has 0 unspecified atom stereocenters. The summed E-state index contributed by atoms with van der Waals surface area (Å²) in [5.41, 5.74) is 8.23. The molecule has 142 valence electrons. The van der Waals surface area contributed by atoms with Crippen LogP contribution in [-0.2, 0) is 6.54 Å². The van der Waals surface area contributed by atoms with Crippen molar-refractivity contribution in [1.29, 1.82) is 0 Å². The summed E-state index contributed by atoms with van der Waals surface area (Å²) in [6.45, 7) is 1.21. The Hall–Kier alpha value is -2.10. The zero-order valence-corrected chi connectivity index (χ0v) is 16.9. The average molecular weight is 477 g/mol. The van der Waals surface area contributed by atoms with Crippen LogP contribution in [0.25, 0.3) is 0 Å². The van der Waals surface area contributed by atoms with Gasteiger partial charge in [-0.3, -0.25) is 0 Å². The number of nitrogens with zero attached hydrogens (tertiary/aromatic N) is 1. The molecule has 0 aliphatic rings. The minimum Gasteiger partial charge on any atom is -0.490 e. The fourth-order valence-electron chi connectivity index (χ4n) is 2.17. The fraction of sp³-hybridized carbons (Fsp3) is 0.278. The lowest BCUT2D eigenvalue weighted by atomic mass is 10.2. The Labute approximate surface area is 168 Å². The molecule has 0 spiro atoms. The van der Waals surface area contributed by atoms with Crippen molar-refractivity contribution >= 4 is 35.6 Å². The van der Waals surface area contributed by atoms with Crippen molar-refractivity contribution in [3.05, 3.63) is 53.6 Å². The quantitative estimate of drug-likeness (QED) is 0.349. The number of halogens is 3. The number of anilines is 1. The number of aryl methyl sites for hydroxylation is 1. The Morgan fingerprint density at radius 2 is 1.88 bits per heavy atom. The molecule has 2 aromatic carbocycles. The standard InChI is InChI=1S/C18H21F2N3O2.HI/c1-3-24-15-6-4-5-13(16(15)25-17(19)20)11-22-18(21)23-14-9-7-12(2)8-10-14;/h4-10,17H,3,11H2,1-2H3,(H3,21,22,23);1H. The van der Waals surface area contributed by atoms with E-state index in [-0.39, 0.29) is 48.0 Å². The van der Waals surface area contributed by atoms with Gasteiger partial charge in [-0.2, -0.15) is 8.78 Å². The van der Waals surface area contributed by atoms with E-state index in [0.29, 0.717) is 12.2 Å². The molecule has 0 bridgehead atoms. The van der Waals surface area contributed by atoms with Gasteiger partial charge in [0.05, 0.1) is 13.2 Å². The van der Waals surface area contributed by atoms with Crippen LogP contribution < -0.4 is 20.5 Å². The summed E-state index contributed by atoms with van der Waals surface area (Å²) in [6, 6.07) is 12.5. The van der Waals surface area contributed by atoms with Gasteiger partial charge in [0.15, 0.2) is 17.5 Å². The minimum atomic E-state index is -2.95. The van der Waals surface area contributed by atoms with Gasteiger partial charge in [-0.1, -0.05) is 29.8 Å². The first-order chi connectivity index (χ1) is 12.0. The maximum absolute atomic E-state index is 12.7. The Kier molecular flexibility index (Phi) is 9.11. The molecule has 0 heterocycles. The molecule has 0 aliphatic heterocycles. The van der Waals surface area contributed by atoms with Crippen LogP contribution in [0.1, 0.15) is 18.1 Å². The van der Waals surface area contributed by atoms with E-state index in [1.165, 1.54) is 0 Å². The smallest absolute Gasteiger partial charge is 0.387 e. The van der Waals surface area contributed by atoms with E-state index in [2.05, 4.69) is 15.0 Å². The van der Waals surface area contributed by atoms with Crippen LogP contribution in [0, 0.1) is 6.92 Å². The molecular formula is C18H22F2IN3O2. The highest BCUT2D eigenvalue weighted by atomic mass is 127. The van der Waals surface area contributed by atoms with Gasteiger partial charge in [0, 0.05) is 11.3 Å². The molecule has 0 amide bonds. The van der Waals surface area contributed by atoms with Crippen LogP contribution in [0.15, 0.2) is 47.5 Å². The van der Waals surface area contributed by atoms with Crippen molar-refractivity contribution < 1.29 is 18.3 Å². The van der Waals surface area contributed by atoms with Gasteiger partial charge in [-0.05, 0) is 32.0 Å². The first kappa shape index (κ1) is 21.9. The van der Waals surface area contributed by atoms with Gasteiger partial charge in [0.1, 0.15) is 0 Å². The summed E-state index contributed by atoms with van der Waals surface area (Å²) >= 11 is 0. The maximum atomic E-state index is 12.7. The van der Waals surface area contributed by atoms with Crippen molar-refractivity contribution in [3.63, 3.8) is 0 Å². The number of alkyl halides is 2. The molecule has 2 aromatic rings. The third-order valence-corrected chi connectivity index (χ3v) is 3.31. The number of rotatable bonds is 7. The number of nitrogens with one attached hydrogen (secondary N) is 1. The first-order valence-corrected chi connectivity index (χ1v) is 7.82. The van der Waals surface area contributed by atoms with Crippen LogP contribution >= 0.6 is 24.0 Å². The predicted molar refractivity (Wildman–Crippen MR) is 110 cm³/mol. The Morgan fingerprint density at radius 1 is 1.19 bits per heavy atom. The van der Waals surface area contributed by atoms with Crippen LogP contribution in [0.4, 0.5) is 14.5 Å². The van der Waals surface area contributed by atoms with E-state index >= 15 is 0 Å². The molecule has 0 aliphatic carbocycles. The number of aliphatic imine (C=N–C) groups is 1. The molecule has 0 radical (unpaired) electrons. The molecule has 0 atom stereocenters. The number of hydrogen-bond acceptors (Lipinski definition) is 3. The van der Waals surface area contributed by atoms with Gasteiger partial charge in [-0.15, -0.1) is 24.0 Å². The van der Waals surface area contributed by atoms with Crippen LogP contribution in [0.5, 0.6) is 11.5 Å². The van der Waals surface area contributed by atoms with E-state index in [4.69, 9.17) is 10.5 Å². The van der Waals surface area contributed by atoms with Crippen molar-refractivity contribution in [1.82, 2.24) is 0 Å². The summed E-state index contributed by atoms with van der Waals surface area (Å²) in [5, 5.41) is 2.95. The summed E-state index contributed by atoms with van der Waals surface area (Å²) in [4.78, 5) is 4.18. The zero-order valence-electron chi connectivity index (χ0n) is 14.5. The summed E-state index contributed by atoms with van der Waals surface area (Å²) in [7, 11) is 0. The van der Waals surface area contributed by atoms with E-state index < -0.39 is 6.61 Å². The van der Waals surface area contributed by atoms with Gasteiger partial charge in [-0.25, -0.2) is 4.99 Å². The maximum Gasteiger partial charge on any atom is 0.387 e. The van der Waals surface area contributed by atoms with Crippen molar-refractivity contribution in [3.8, 4) is 11.5 Å². The topological polar surface area (TPSA) is 68.9 Å². The number of nitrogens with two attached hydrogens (primary N) is 1. The second-order valence-electron chi connectivity index (χ2n) is 5.25. The lowest BCUT2D eigenvalue weighted by Crippen LogP contribution is -2.22. The fourth-order valence-corrected chi connectivity index (χ4v) is 2.17. The largest absolute Gasteiger partial charge is 0.490 e. The molecule has 0 aromatic heterocycles. The Morgan fingerprint density at radius 3 is 2.50 bits per heavy atom. The third kappa shape index (κ3) is 6.66. The number of ether oxygens (including phenoxy) is 2. The zero-order chi connectivity index (χ0) is 18.2. The number of hydrogen-bond donors (Lipinski definition) is 2. The first-order valence-electron chi connectivity index (χ1n) is 7.82. The van der Waals surface area contributed by atoms with E-state index in [1.54, 1.807) is 25.1 Å². The van der Waals surface area contributed by atoms with Crippen molar-refractivity contribution in [2.45, 2.75) is 27.0 Å². The monoisotopic (exact) mass is 477 g/mol. The van der Waals surface area contributed by atoms with Crippen LogP contribution in [-0.4, -0.2) is 19.2 Å². The molecule has 0 fully saturated rings. The van der Waals surface area contributed by atoms with Crippen molar-refractivity contribution in [2.24, 2.45) is 10.7 Å². The molecule has 5 nitrogen and oxygen atoms in total. The highest BCUT2D eigenvalue weighted by Crippen LogP contribution is 2.33. The highest BCUT2D eigenvalue weighted by Gasteiger charge is 2.15. The highest BCUT2D eigenvalue weighted by molar-refractivity contribution is 14.0. The van der Waals surface area contributed by atoms with Gasteiger partial charge >= 0.3 is 6.61 Å². The SMILES string of the molecule is CCOc1cccc(CN=C(N)Nc2ccc(C)cc2)c1OC(F)F.I. The molecular weight excluding hydrogens is 455 g/mol. The molecule has 0 saturated heterocycles. The predicted octanol–water partition coefficient (Wildman–Crippen LogP) is 4.54. The summed E-state index contributed by atoms with van der Waals surface area (Å²) in [6.07, 6.45) is 0. The average Bonchev–Trinajstić information content (AvgIpc) is 2.57. The Bertz CT molecular complexity index is 725. The molecule has 3 N–H and O–H groups in total. The van der Waals surface area contributed by atoms with Gasteiger partial charge in [0.25, 0.3) is 0 Å². The number of para-hydroxylation sites is 1.